The Morgan fingerprint density at radius 2 is 1.77 bits per heavy atom. The fraction of sp³-hybridized carbons (Fsp3) is 0.125. The van der Waals surface area contributed by atoms with Gasteiger partial charge in [-0.2, -0.15) is 12.7 Å². The van der Waals surface area contributed by atoms with E-state index < -0.39 is 16.2 Å². The monoisotopic (exact) mass is 270 g/mol. The minimum atomic E-state index is -2.53. The molecule has 0 aliphatic rings. The summed E-state index contributed by atoms with van der Waals surface area (Å²) in [5, 5.41) is -1.54. The van der Waals surface area contributed by atoms with Crippen LogP contribution in [0.4, 0.5) is 12.7 Å². The standard InChI is InChI=1S/C8H6BrF3S/c9-5-6-1-3-7(4-2-6)13(12)8(10)11/h1-4H,5H2. The first-order valence-electron chi connectivity index (χ1n) is 3.38. The van der Waals surface area contributed by atoms with Crippen molar-refractivity contribution < 1.29 is 12.7 Å². The van der Waals surface area contributed by atoms with Crippen molar-refractivity contribution >= 4 is 32.2 Å². The van der Waals surface area contributed by atoms with Gasteiger partial charge in [-0.15, -0.1) is 0 Å². The summed E-state index contributed by atoms with van der Waals surface area (Å²) in [7, 11) is -2.53. The summed E-state index contributed by atoms with van der Waals surface area (Å²) in [6, 6.07) is 5.98. The zero-order valence-corrected chi connectivity index (χ0v) is 8.84. The highest BCUT2D eigenvalue weighted by molar-refractivity contribution is 9.08. The van der Waals surface area contributed by atoms with Gasteiger partial charge in [0.15, 0.2) is 0 Å². The minimum Gasteiger partial charge on any atom is -0.163 e. The van der Waals surface area contributed by atoms with E-state index in [1.54, 1.807) is 12.1 Å². The molecule has 5 heteroatoms. The first-order valence-corrected chi connectivity index (χ1v) is 5.63. The van der Waals surface area contributed by atoms with Gasteiger partial charge in [0, 0.05) is 10.2 Å². The Morgan fingerprint density at radius 1 is 1.23 bits per heavy atom. The molecular formula is C8H6BrF3S. The lowest BCUT2D eigenvalue weighted by molar-refractivity contribution is 0.638. The smallest absolute Gasteiger partial charge is 0.163 e. The maximum absolute atomic E-state index is 12.7. The summed E-state index contributed by atoms with van der Waals surface area (Å²) in [6.07, 6.45) is 0. The van der Waals surface area contributed by atoms with Crippen LogP contribution in [0.2, 0.25) is 0 Å². The molecule has 0 bridgehead atoms. The largest absolute Gasteiger partial charge is 0.328 e. The predicted molar refractivity (Wildman–Crippen MR) is 53.3 cm³/mol. The van der Waals surface area contributed by atoms with Gasteiger partial charge < -0.3 is 0 Å². The minimum absolute atomic E-state index is 0.0182. The Balaban J connectivity index is 2.99. The normalized spacial score (nSPS) is 12.6. The second-order valence-corrected chi connectivity index (χ2v) is 4.11. The van der Waals surface area contributed by atoms with Crippen LogP contribution < -0.4 is 0 Å². The number of rotatable bonds is 2. The molecule has 1 atom stereocenters. The summed E-state index contributed by atoms with van der Waals surface area (Å²) in [6.45, 7) is 0. The lowest BCUT2D eigenvalue weighted by Crippen LogP contribution is -1.80. The highest BCUT2D eigenvalue weighted by Gasteiger charge is 2.05. The van der Waals surface area contributed by atoms with Crippen molar-refractivity contribution in [1.29, 1.82) is 0 Å². The summed E-state index contributed by atoms with van der Waals surface area (Å²) < 4.78 is 36.4. The highest BCUT2D eigenvalue weighted by Crippen LogP contribution is 2.30. The molecule has 0 aliphatic heterocycles. The molecule has 1 aromatic carbocycles. The molecule has 0 N–H and O–H groups in total. The van der Waals surface area contributed by atoms with Crippen LogP contribution in [0.3, 0.4) is 0 Å². The summed E-state index contributed by atoms with van der Waals surface area (Å²) in [4.78, 5) is 0.0182. The molecule has 0 amide bonds. The van der Waals surface area contributed by atoms with E-state index in [-0.39, 0.29) is 4.90 Å². The van der Waals surface area contributed by atoms with E-state index in [4.69, 9.17) is 0 Å². The van der Waals surface area contributed by atoms with Gasteiger partial charge in [0.1, 0.15) is 0 Å². The van der Waals surface area contributed by atoms with Crippen LogP contribution in [0.1, 0.15) is 5.56 Å². The molecule has 13 heavy (non-hydrogen) atoms. The van der Waals surface area contributed by atoms with E-state index >= 15 is 0 Å². The maximum atomic E-state index is 12.7. The summed E-state index contributed by atoms with van der Waals surface area (Å²) in [5.41, 5.74) is 0.931. The van der Waals surface area contributed by atoms with E-state index in [1.165, 1.54) is 12.1 Å². The first-order chi connectivity index (χ1) is 6.15. The second kappa shape index (κ2) is 4.81. The number of halogens is 4. The van der Waals surface area contributed by atoms with Crippen molar-refractivity contribution in [2.45, 2.75) is 10.2 Å². The molecule has 1 rings (SSSR count). The van der Waals surface area contributed by atoms with Crippen molar-refractivity contribution in [1.82, 2.24) is 0 Å². The van der Waals surface area contributed by atoms with E-state index in [2.05, 4.69) is 15.9 Å². The van der Waals surface area contributed by atoms with Crippen molar-refractivity contribution in [3.8, 4) is 0 Å². The van der Waals surface area contributed by atoms with Crippen LogP contribution in [0.15, 0.2) is 29.2 Å². The van der Waals surface area contributed by atoms with Crippen LogP contribution in [0.25, 0.3) is 0 Å². The van der Waals surface area contributed by atoms with E-state index in [1.807, 2.05) is 0 Å². The third kappa shape index (κ3) is 2.84. The van der Waals surface area contributed by atoms with Gasteiger partial charge in [-0.05, 0) is 17.7 Å². The average Bonchev–Trinajstić information content (AvgIpc) is 2.17. The Labute approximate surface area is 85.1 Å². The van der Waals surface area contributed by atoms with Gasteiger partial charge in [0.05, 0.1) is 10.9 Å². The van der Waals surface area contributed by atoms with Crippen LogP contribution in [-0.2, 0) is 5.33 Å². The molecule has 0 aromatic heterocycles. The van der Waals surface area contributed by atoms with Crippen molar-refractivity contribution in [2.75, 3.05) is 0 Å². The Kier molecular flexibility index (Phi) is 3.99. The molecule has 1 unspecified atom stereocenters. The molecule has 0 saturated carbocycles. The van der Waals surface area contributed by atoms with Crippen LogP contribution in [0.5, 0.6) is 0 Å². The molecule has 0 spiro atoms. The van der Waals surface area contributed by atoms with E-state index in [0.717, 1.165) is 5.56 Å². The molecule has 0 nitrogen and oxygen atoms in total. The molecule has 1 aromatic rings. The second-order valence-electron chi connectivity index (χ2n) is 2.26. The fourth-order valence-electron chi connectivity index (χ4n) is 0.787. The third-order valence-electron chi connectivity index (χ3n) is 1.42. The Hall–Kier alpha value is -0.290. The van der Waals surface area contributed by atoms with Gasteiger partial charge in [0.25, 0.3) is 0 Å². The number of alkyl halides is 1. The molecule has 0 saturated heterocycles. The van der Waals surface area contributed by atoms with E-state index in [9.17, 15) is 12.7 Å². The lowest BCUT2D eigenvalue weighted by atomic mass is 10.2. The topological polar surface area (TPSA) is 0 Å². The molecule has 0 aliphatic carbocycles. The van der Waals surface area contributed by atoms with Gasteiger partial charge in [-0.3, -0.25) is 0 Å². The van der Waals surface area contributed by atoms with Gasteiger partial charge >= 0.3 is 5.37 Å². The SMILES string of the molecule is FC(F)=S(F)c1ccc(CBr)cc1. The predicted octanol–water partition coefficient (Wildman–Crippen LogP) is 4.12. The summed E-state index contributed by atoms with van der Waals surface area (Å²) >= 11 is 3.20. The Morgan fingerprint density at radius 3 is 2.15 bits per heavy atom. The van der Waals surface area contributed by atoms with E-state index in [0.29, 0.717) is 5.33 Å². The van der Waals surface area contributed by atoms with Crippen LogP contribution >= 0.6 is 26.8 Å². The molecule has 0 heterocycles. The van der Waals surface area contributed by atoms with Crippen LogP contribution in [0, 0.1) is 0 Å². The number of hydrogen-bond acceptors (Lipinski definition) is 0. The van der Waals surface area contributed by atoms with Crippen molar-refractivity contribution in [2.24, 2.45) is 0 Å². The third-order valence-corrected chi connectivity index (χ3v) is 3.02. The molecular weight excluding hydrogens is 265 g/mol. The average molecular weight is 271 g/mol. The van der Waals surface area contributed by atoms with Crippen molar-refractivity contribution in [3.05, 3.63) is 29.8 Å². The highest BCUT2D eigenvalue weighted by atomic mass is 79.9. The van der Waals surface area contributed by atoms with Gasteiger partial charge in [-0.1, -0.05) is 28.1 Å². The molecule has 0 radical (unpaired) electrons. The first kappa shape index (κ1) is 10.8. The Bertz CT molecular complexity index is 317. The fourth-order valence-corrected chi connectivity index (χ4v) is 1.71. The number of hydrogen-bond donors (Lipinski definition) is 0. The maximum Gasteiger partial charge on any atom is 0.328 e. The lowest BCUT2D eigenvalue weighted by Gasteiger charge is -1.98. The quantitative estimate of drug-likeness (QED) is 0.431. The van der Waals surface area contributed by atoms with Gasteiger partial charge in [0.2, 0.25) is 0 Å². The van der Waals surface area contributed by atoms with Gasteiger partial charge in [-0.25, -0.2) is 0 Å². The van der Waals surface area contributed by atoms with Crippen molar-refractivity contribution in [3.63, 3.8) is 0 Å². The molecule has 0 fully saturated rings. The molecule has 72 valence electrons. The van der Waals surface area contributed by atoms with Crippen LogP contribution in [-0.4, -0.2) is 5.37 Å². The summed E-state index contributed by atoms with van der Waals surface area (Å²) in [5.74, 6) is 0. The number of benzene rings is 1. The zero-order chi connectivity index (χ0) is 9.84. The zero-order valence-electron chi connectivity index (χ0n) is 6.44.